The van der Waals surface area contributed by atoms with Gasteiger partial charge in [0.05, 0.1) is 18.3 Å². The third-order valence-corrected chi connectivity index (χ3v) is 6.29. The minimum Gasteiger partial charge on any atom is -0.494 e. The van der Waals surface area contributed by atoms with E-state index < -0.39 is 17.9 Å². The first-order chi connectivity index (χ1) is 19.2. The Hall–Kier alpha value is -4.58. The van der Waals surface area contributed by atoms with Crippen molar-refractivity contribution in [2.75, 3.05) is 19.0 Å². The topological polar surface area (TPSA) is 155 Å². The molecule has 3 amide bonds. The van der Waals surface area contributed by atoms with Crippen molar-refractivity contribution < 1.29 is 23.9 Å². The van der Waals surface area contributed by atoms with Gasteiger partial charge < -0.3 is 25.1 Å². The number of carbonyl (C=O) groups excluding carboxylic acids is 3. The Kier molecular flexibility index (Phi) is 8.90. The van der Waals surface area contributed by atoms with Crippen molar-refractivity contribution in [1.29, 1.82) is 0 Å². The molecule has 0 saturated heterocycles. The lowest BCUT2D eigenvalue weighted by molar-refractivity contribution is 0.0995. The van der Waals surface area contributed by atoms with Crippen molar-refractivity contribution in [2.24, 2.45) is 5.73 Å². The quantitative estimate of drug-likeness (QED) is 0.232. The number of halogens is 1. The molecule has 0 unspecified atom stereocenters. The molecule has 40 heavy (non-hydrogen) atoms. The molecule has 2 aromatic heterocycles. The zero-order valence-corrected chi connectivity index (χ0v) is 23.1. The number of benzene rings is 2. The first kappa shape index (κ1) is 28.4. The zero-order chi connectivity index (χ0) is 28.8. The molecule has 2 aromatic carbocycles. The number of primary amides is 1. The molecule has 0 bridgehead atoms. The number of amides is 3. The van der Waals surface area contributed by atoms with Gasteiger partial charge in [-0.05, 0) is 56.2 Å². The van der Waals surface area contributed by atoms with Gasteiger partial charge in [0.2, 0.25) is 11.9 Å². The Balaban J connectivity index is 1.52. The summed E-state index contributed by atoms with van der Waals surface area (Å²) < 4.78 is 14.1. The molecule has 0 spiro atoms. The summed E-state index contributed by atoms with van der Waals surface area (Å²) in [5.74, 6) is -0.424. The normalized spacial score (nSPS) is 10.9. The predicted molar refractivity (Wildman–Crippen MR) is 150 cm³/mol. The molecular weight excluding hydrogens is 538 g/mol. The maximum atomic E-state index is 13.2. The maximum Gasteiger partial charge on any atom is 0.407 e. The third kappa shape index (κ3) is 6.52. The molecule has 12 nitrogen and oxygen atoms in total. The van der Waals surface area contributed by atoms with E-state index in [9.17, 15) is 14.4 Å². The largest absolute Gasteiger partial charge is 0.494 e. The molecule has 4 N–H and O–H groups in total. The Morgan fingerprint density at radius 1 is 1.15 bits per heavy atom. The van der Waals surface area contributed by atoms with Crippen LogP contribution in [0.1, 0.15) is 45.4 Å². The lowest BCUT2D eigenvalue weighted by Gasteiger charge is -2.13. The molecule has 0 aliphatic carbocycles. The average Bonchev–Trinajstić information content (AvgIpc) is 3.48. The lowest BCUT2D eigenvalue weighted by Crippen LogP contribution is -2.26. The van der Waals surface area contributed by atoms with E-state index in [1.807, 2.05) is 13.0 Å². The Morgan fingerprint density at radius 2 is 1.95 bits per heavy atom. The van der Waals surface area contributed by atoms with Gasteiger partial charge >= 0.3 is 6.09 Å². The minimum absolute atomic E-state index is 0.0853. The van der Waals surface area contributed by atoms with Crippen LogP contribution in [0.15, 0.2) is 42.5 Å². The van der Waals surface area contributed by atoms with Crippen molar-refractivity contribution in [3.63, 3.8) is 0 Å². The van der Waals surface area contributed by atoms with Crippen LogP contribution in [-0.4, -0.2) is 50.9 Å². The summed E-state index contributed by atoms with van der Waals surface area (Å²) in [4.78, 5) is 41.8. The fraction of sp³-hybridized carbons (Fsp3) is 0.296. The molecule has 4 rings (SSSR count). The smallest absolute Gasteiger partial charge is 0.407 e. The van der Waals surface area contributed by atoms with Gasteiger partial charge in [-0.15, -0.1) is 0 Å². The van der Waals surface area contributed by atoms with E-state index in [-0.39, 0.29) is 24.7 Å². The molecule has 13 heteroatoms. The van der Waals surface area contributed by atoms with Gasteiger partial charge in [0.1, 0.15) is 23.6 Å². The molecule has 2 heterocycles. The summed E-state index contributed by atoms with van der Waals surface area (Å²) >= 11 is 5.97. The maximum absolute atomic E-state index is 13.2. The number of nitrogens with zero attached hydrogens (tertiary/aromatic N) is 4. The van der Waals surface area contributed by atoms with Crippen molar-refractivity contribution in [3.8, 4) is 5.75 Å². The second-order valence-electron chi connectivity index (χ2n) is 8.92. The van der Waals surface area contributed by atoms with Gasteiger partial charge in [-0.3, -0.25) is 19.6 Å². The van der Waals surface area contributed by atoms with Crippen LogP contribution in [0.2, 0.25) is 5.02 Å². The standard InChI is InChI=1S/C27H30ClN7O5/c1-4-35-21(11-16(2)33-35)25(37)32-26-31-20-13-18(24(29)36)14-22(39-3)23(20)34(26)10-6-9-30-27(38)40-15-17-7-5-8-19(28)12-17/h5,7-8,11-14H,4,6,9-10,15H2,1-3H3,(H2,29,36)(H,30,38)(H,31,32,37). The van der Waals surface area contributed by atoms with E-state index in [0.29, 0.717) is 52.7 Å². The molecule has 0 aliphatic rings. The van der Waals surface area contributed by atoms with Crippen LogP contribution in [0.5, 0.6) is 5.75 Å². The van der Waals surface area contributed by atoms with Crippen molar-refractivity contribution in [3.05, 3.63) is 70.0 Å². The highest BCUT2D eigenvalue weighted by Gasteiger charge is 2.21. The lowest BCUT2D eigenvalue weighted by atomic mass is 10.1. The van der Waals surface area contributed by atoms with Gasteiger partial charge in [-0.2, -0.15) is 5.10 Å². The van der Waals surface area contributed by atoms with Crippen molar-refractivity contribution in [1.82, 2.24) is 24.6 Å². The number of anilines is 1. The molecule has 0 saturated carbocycles. The van der Waals surface area contributed by atoms with Gasteiger partial charge in [0.15, 0.2) is 0 Å². The number of carbonyl (C=O) groups is 3. The number of ether oxygens (including phenoxy) is 2. The number of fused-ring (bicyclic) bond motifs is 1. The Bertz CT molecular complexity index is 1560. The van der Waals surface area contributed by atoms with E-state index in [1.54, 1.807) is 40.4 Å². The first-order valence-corrected chi connectivity index (χ1v) is 13.0. The predicted octanol–water partition coefficient (Wildman–Crippen LogP) is 3.89. The second-order valence-corrected chi connectivity index (χ2v) is 9.36. The van der Waals surface area contributed by atoms with Crippen LogP contribution in [0.4, 0.5) is 10.7 Å². The Labute approximate surface area is 235 Å². The number of aryl methyl sites for hydroxylation is 3. The van der Waals surface area contributed by atoms with Gasteiger partial charge in [0.25, 0.3) is 5.91 Å². The summed E-state index contributed by atoms with van der Waals surface area (Å²) in [6, 6.07) is 11.8. The monoisotopic (exact) mass is 567 g/mol. The Morgan fingerprint density at radius 3 is 2.65 bits per heavy atom. The molecule has 4 aromatic rings. The number of hydrogen-bond acceptors (Lipinski definition) is 7. The van der Waals surface area contributed by atoms with Gasteiger partial charge in [-0.1, -0.05) is 23.7 Å². The molecule has 0 radical (unpaired) electrons. The summed E-state index contributed by atoms with van der Waals surface area (Å²) in [6.07, 6.45) is -0.108. The SMILES string of the molecule is CCn1nc(C)cc1C(=O)Nc1nc2cc(C(N)=O)cc(OC)c2n1CCCNC(=O)OCc1cccc(Cl)c1. The molecule has 0 fully saturated rings. The number of imidazole rings is 1. The van der Waals surface area contributed by atoms with E-state index in [2.05, 4.69) is 20.7 Å². The number of aromatic nitrogens is 4. The highest BCUT2D eigenvalue weighted by Crippen LogP contribution is 2.31. The molecule has 210 valence electrons. The van der Waals surface area contributed by atoms with Crippen LogP contribution in [0, 0.1) is 6.92 Å². The first-order valence-electron chi connectivity index (χ1n) is 12.6. The van der Waals surface area contributed by atoms with Crippen LogP contribution in [-0.2, 0) is 24.4 Å². The number of nitrogens with two attached hydrogens (primary N) is 1. The summed E-state index contributed by atoms with van der Waals surface area (Å²) in [5, 5.41) is 10.5. The van der Waals surface area contributed by atoms with Gasteiger partial charge in [0, 0.05) is 30.2 Å². The second kappa shape index (κ2) is 12.5. The van der Waals surface area contributed by atoms with Gasteiger partial charge in [-0.25, -0.2) is 9.78 Å². The van der Waals surface area contributed by atoms with Crippen LogP contribution in [0.3, 0.4) is 0 Å². The van der Waals surface area contributed by atoms with E-state index >= 15 is 0 Å². The zero-order valence-electron chi connectivity index (χ0n) is 22.4. The fourth-order valence-corrected chi connectivity index (χ4v) is 4.44. The van der Waals surface area contributed by atoms with Crippen molar-refractivity contribution >= 4 is 46.5 Å². The third-order valence-electron chi connectivity index (χ3n) is 6.06. The number of alkyl carbamates (subject to hydrolysis) is 1. The number of hydrogen-bond donors (Lipinski definition) is 3. The summed E-state index contributed by atoms with van der Waals surface area (Å²) in [5.41, 5.74) is 8.55. The summed E-state index contributed by atoms with van der Waals surface area (Å²) in [7, 11) is 1.47. The number of nitrogens with one attached hydrogen (secondary N) is 2. The number of methoxy groups -OCH3 is 1. The van der Waals surface area contributed by atoms with E-state index in [0.717, 1.165) is 5.56 Å². The molecule has 0 aliphatic heterocycles. The number of rotatable bonds is 11. The summed E-state index contributed by atoms with van der Waals surface area (Å²) in [6.45, 7) is 4.93. The molecular formula is C27H30ClN7O5. The average molecular weight is 568 g/mol. The van der Waals surface area contributed by atoms with E-state index in [4.69, 9.17) is 26.8 Å². The minimum atomic E-state index is -0.636. The van der Waals surface area contributed by atoms with E-state index in [1.165, 1.54) is 19.2 Å². The highest BCUT2D eigenvalue weighted by molar-refractivity contribution is 6.30. The van der Waals surface area contributed by atoms with Crippen LogP contribution < -0.4 is 21.1 Å². The highest BCUT2D eigenvalue weighted by atomic mass is 35.5. The fourth-order valence-electron chi connectivity index (χ4n) is 4.23. The van der Waals surface area contributed by atoms with Crippen molar-refractivity contribution in [2.45, 2.75) is 40.0 Å². The van der Waals surface area contributed by atoms with Crippen LogP contribution in [0.25, 0.3) is 11.0 Å². The van der Waals surface area contributed by atoms with Crippen LogP contribution >= 0.6 is 11.6 Å². The molecule has 0 atom stereocenters.